The van der Waals surface area contributed by atoms with E-state index in [0.717, 1.165) is 29.4 Å². The van der Waals surface area contributed by atoms with Crippen LogP contribution in [0.2, 0.25) is 5.02 Å². The SMILES string of the molecule is Cc1cc2oc(C(=O)N(Cc3ccccc3F)CC3CCCO3)c(C)c2cc1Cl. The van der Waals surface area contributed by atoms with Gasteiger partial charge in [-0.3, -0.25) is 4.79 Å². The summed E-state index contributed by atoms with van der Waals surface area (Å²) >= 11 is 6.25. The average Bonchev–Trinajstić information content (AvgIpc) is 3.32. The highest BCUT2D eigenvalue weighted by Crippen LogP contribution is 2.31. The average molecular weight is 416 g/mol. The molecule has 29 heavy (non-hydrogen) atoms. The van der Waals surface area contributed by atoms with Crippen molar-refractivity contribution >= 4 is 28.5 Å². The van der Waals surface area contributed by atoms with Crippen LogP contribution in [-0.2, 0) is 11.3 Å². The van der Waals surface area contributed by atoms with E-state index in [1.165, 1.54) is 6.07 Å². The number of rotatable bonds is 5. The number of carbonyl (C=O) groups excluding carboxylic acids is 1. The zero-order chi connectivity index (χ0) is 20.5. The van der Waals surface area contributed by atoms with Crippen LogP contribution in [-0.4, -0.2) is 30.1 Å². The monoisotopic (exact) mass is 415 g/mol. The second-order valence-corrected chi connectivity index (χ2v) is 7.97. The van der Waals surface area contributed by atoms with Crippen molar-refractivity contribution in [1.82, 2.24) is 4.90 Å². The number of ether oxygens (including phenoxy) is 1. The van der Waals surface area contributed by atoms with Crippen LogP contribution in [0.15, 0.2) is 40.8 Å². The second kappa shape index (κ2) is 8.17. The van der Waals surface area contributed by atoms with Gasteiger partial charge in [-0.05, 0) is 50.5 Å². The zero-order valence-corrected chi connectivity index (χ0v) is 17.3. The van der Waals surface area contributed by atoms with Gasteiger partial charge in [0.1, 0.15) is 11.4 Å². The summed E-state index contributed by atoms with van der Waals surface area (Å²) in [6, 6.07) is 10.2. The quantitative estimate of drug-likeness (QED) is 0.539. The summed E-state index contributed by atoms with van der Waals surface area (Å²) in [5.41, 5.74) is 2.70. The third-order valence-electron chi connectivity index (χ3n) is 5.47. The molecule has 0 aliphatic carbocycles. The summed E-state index contributed by atoms with van der Waals surface area (Å²) in [6.45, 7) is 4.97. The van der Waals surface area contributed by atoms with Gasteiger partial charge in [0.05, 0.1) is 6.10 Å². The molecule has 0 N–H and O–H groups in total. The van der Waals surface area contributed by atoms with Crippen molar-refractivity contribution in [3.05, 3.63) is 69.7 Å². The smallest absolute Gasteiger partial charge is 0.290 e. The van der Waals surface area contributed by atoms with Crippen LogP contribution in [0, 0.1) is 19.7 Å². The highest BCUT2D eigenvalue weighted by molar-refractivity contribution is 6.32. The fourth-order valence-corrected chi connectivity index (χ4v) is 3.94. The highest BCUT2D eigenvalue weighted by Gasteiger charge is 2.28. The molecule has 0 radical (unpaired) electrons. The van der Waals surface area contributed by atoms with E-state index in [0.29, 0.717) is 29.3 Å². The molecule has 0 saturated carbocycles. The predicted molar refractivity (Wildman–Crippen MR) is 111 cm³/mol. The fourth-order valence-electron chi connectivity index (χ4n) is 3.77. The number of halogens is 2. The van der Waals surface area contributed by atoms with Gasteiger partial charge >= 0.3 is 0 Å². The summed E-state index contributed by atoms with van der Waals surface area (Å²) in [4.78, 5) is 15.0. The molecule has 1 aliphatic rings. The van der Waals surface area contributed by atoms with Crippen LogP contribution >= 0.6 is 11.6 Å². The molecule has 2 heterocycles. The van der Waals surface area contributed by atoms with Crippen molar-refractivity contribution < 1.29 is 18.3 Å². The van der Waals surface area contributed by atoms with Crippen LogP contribution in [0.25, 0.3) is 11.0 Å². The van der Waals surface area contributed by atoms with Crippen LogP contribution < -0.4 is 0 Å². The number of benzene rings is 2. The molecule has 4 rings (SSSR count). The lowest BCUT2D eigenvalue weighted by Crippen LogP contribution is -2.37. The van der Waals surface area contributed by atoms with E-state index in [1.807, 2.05) is 26.0 Å². The van der Waals surface area contributed by atoms with Crippen molar-refractivity contribution in [2.45, 2.75) is 39.3 Å². The van der Waals surface area contributed by atoms with Gasteiger partial charge in [-0.25, -0.2) is 4.39 Å². The van der Waals surface area contributed by atoms with Crippen molar-refractivity contribution in [1.29, 1.82) is 0 Å². The molecule has 6 heteroatoms. The summed E-state index contributed by atoms with van der Waals surface area (Å²) in [6.07, 6.45) is 1.80. The highest BCUT2D eigenvalue weighted by atomic mass is 35.5. The normalized spacial score (nSPS) is 16.5. The number of hydrogen-bond acceptors (Lipinski definition) is 3. The fraction of sp³-hybridized carbons (Fsp3) is 0.348. The number of hydrogen-bond donors (Lipinski definition) is 0. The lowest BCUT2D eigenvalue weighted by Gasteiger charge is -2.25. The molecule has 0 spiro atoms. The van der Waals surface area contributed by atoms with E-state index in [1.54, 1.807) is 23.1 Å². The molecule has 0 bridgehead atoms. The Morgan fingerprint density at radius 1 is 1.28 bits per heavy atom. The number of nitrogens with zero attached hydrogens (tertiary/aromatic N) is 1. The summed E-state index contributed by atoms with van der Waals surface area (Å²) in [5, 5.41) is 1.44. The van der Waals surface area contributed by atoms with Crippen molar-refractivity contribution in [2.75, 3.05) is 13.2 Å². The minimum absolute atomic E-state index is 0.0490. The lowest BCUT2D eigenvalue weighted by atomic mass is 10.1. The molecule has 2 aromatic carbocycles. The van der Waals surface area contributed by atoms with Gasteiger partial charge in [-0.2, -0.15) is 0 Å². The molecule has 4 nitrogen and oxygen atoms in total. The third-order valence-corrected chi connectivity index (χ3v) is 5.87. The van der Waals surface area contributed by atoms with Crippen LogP contribution in [0.5, 0.6) is 0 Å². The van der Waals surface area contributed by atoms with Crippen LogP contribution in [0.4, 0.5) is 4.39 Å². The molecule has 1 aromatic heterocycles. The molecule has 152 valence electrons. The minimum atomic E-state index is -0.332. The van der Waals surface area contributed by atoms with E-state index in [4.69, 9.17) is 20.8 Å². The first-order valence-corrected chi connectivity index (χ1v) is 10.2. The molecule has 1 fully saturated rings. The van der Waals surface area contributed by atoms with Gasteiger partial charge in [0.15, 0.2) is 5.76 Å². The largest absolute Gasteiger partial charge is 0.451 e. The van der Waals surface area contributed by atoms with Crippen LogP contribution in [0.1, 0.15) is 40.1 Å². The first-order chi connectivity index (χ1) is 13.9. The molecular weight excluding hydrogens is 393 g/mol. The maximum Gasteiger partial charge on any atom is 0.290 e. The topological polar surface area (TPSA) is 42.7 Å². The Morgan fingerprint density at radius 2 is 2.07 bits per heavy atom. The molecule has 1 amide bonds. The lowest BCUT2D eigenvalue weighted by molar-refractivity contribution is 0.0482. The molecule has 1 unspecified atom stereocenters. The Labute approximate surface area is 174 Å². The van der Waals surface area contributed by atoms with Gasteiger partial charge in [0, 0.05) is 41.2 Å². The summed E-state index contributed by atoms with van der Waals surface area (Å²) in [7, 11) is 0. The van der Waals surface area contributed by atoms with E-state index in [9.17, 15) is 9.18 Å². The first-order valence-electron chi connectivity index (χ1n) is 9.77. The van der Waals surface area contributed by atoms with Crippen molar-refractivity contribution in [3.63, 3.8) is 0 Å². The van der Waals surface area contributed by atoms with E-state index in [-0.39, 0.29) is 30.1 Å². The third kappa shape index (κ3) is 4.02. The number of carbonyl (C=O) groups is 1. The Morgan fingerprint density at radius 3 is 2.79 bits per heavy atom. The maximum absolute atomic E-state index is 14.3. The second-order valence-electron chi connectivity index (χ2n) is 7.57. The Hall–Kier alpha value is -2.37. The maximum atomic E-state index is 14.3. The van der Waals surface area contributed by atoms with E-state index >= 15 is 0 Å². The predicted octanol–water partition coefficient (Wildman–Crippen LogP) is 5.66. The standard InChI is InChI=1S/C23H23ClFNO3/c1-14-10-21-18(11-19(14)24)15(2)22(29-21)23(27)26(13-17-7-5-9-28-17)12-16-6-3-4-8-20(16)25/h3-4,6,8,10-11,17H,5,7,9,12-13H2,1-2H3. The van der Waals surface area contributed by atoms with Crippen LogP contribution in [0.3, 0.4) is 0 Å². The van der Waals surface area contributed by atoms with E-state index in [2.05, 4.69) is 0 Å². The molecule has 1 saturated heterocycles. The van der Waals surface area contributed by atoms with Gasteiger partial charge in [0.25, 0.3) is 5.91 Å². The Bertz CT molecular complexity index is 1060. The Kier molecular flexibility index (Phi) is 5.61. The van der Waals surface area contributed by atoms with Gasteiger partial charge < -0.3 is 14.1 Å². The number of amides is 1. The number of furan rings is 1. The first kappa shape index (κ1) is 19.9. The summed E-state index contributed by atoms with van der Waals surface area (Å²) < 4.78 is 25.9. The molecular formula is C23H23ClFNO3. The van der Waals surface area contributed by atoms with Gasteiger partial charge in [-0.15, -0.1) is 0 Å². The van der Waals surface area contributed by atoms with Crippen molar-refractivity contribution in [2.24, 2.45) is 0 Å². The van der Waals surface area contributed by atoms with Gasteiger partial charge in [0.2, 0.25) is 0 Å². The zero-order valence-electron chi connectivity index (χ0n) is 16.5. The van der Waals surface area contributed by atoms with Crippen molar-refractivity contribution in [3.8, 4) is 0 Å². The Balaban J connectivity index is 1.69. The van der Waals surface area contributed by atoms with Gasteiger partial charge in [-0.1, -0.05) is 29.8 Å². The molecule has 1 aliphatic heterocycles. The number of aryl methyl sites for hydroxylation is 2. The van der Waals surface area contributed by atoms with E-state index < -0.39 is 0 Å². The minimum Gasteiger partial charge on any atom is -0.451 e. The molecule has 3 aromatic rings. The number of fused-ring (bicyclic) bond motifs is 1. The molecule has 1 atom stereocenters. The summed E-state index contributed by atoms with van der Waals surface area (Å²) in [5.74, 6) is -0.344.